The maximum atomic E-state index is 4.89. The van der Waals surface area contributed by atoms with Crippen LogP contribution in [0.1, 0.15) is 24.4 Å². The lowest BCUT2D eigenvalue weighted by Gasteiger charge is -2.41. The number of hydrogen-bond acceptors (Lipinski definition) is 5. The Morgan fingerprint density at radius 2 is 1.77 bits per heavy atom. The minimum atomic E-state index is -0.286. The Morgan fingerprint density at radius 3 is 2.50 bits per heavy atom. The molecule has 30 heavy (non-hydrogen) atoms. The number of aromatic nitrogens is 5. The number of pyridine rings is 1. The molecule has 3 N–H and O–H groups in total. The van der Waals surface area contributed by atoms with Crippen LogP contribution in [0.3, 0.4) is 0 Å². The van der Waals surface area contributed by atoms with Gasteiger partial charge in [0.05, 0.1) is 5.54 Å². The average Bonchev–Trinajstić information content (AvgIpc) is 3.49. The van der Waals surface area contributed by atoms with Crippen molar-refractivity contribution in [2.75, 3.05) is 18.4 Å². The molecule has 0 radical (unpaired) electrons. The van der Waals surface area contributed by atoms with E-state index in [4.69, 9.17) is 4.98 Å². The zero-order valence-electron chi connectivity index (χ0n) is 16.8. The zero-order valence-corrected chi connectivity index (χ0v) is 16.8. The number of nitrogens with one attached hydrogen (secondary N) is 3. The van der Waals surface area contributed by atoms with E-state index in [-0.39, 0.29) is 5.54 Å². The summed E-state index contributed by atoms with van der Waals surface area (Å²) in [7, 11) is 0. The van der Waals surface area contributed by atoms with Gasteiger partial charge < -0.3 is 10.3 Å². The number of hydrogen-bond donors (Lipinski definition) is 3. The van der Waals surface area contributed by atoms with Gasteiger partial charge in [0.15, 0.2) is 11.6 Å². The number of aromatic amines is 2. The first kappa shape index (κ1) is 18.6. The van der Waals surface area contributed by atoms with Crippen molar-refractivity contribution in [3.8, 4) is 11.4 Å². The lowest BCUT2D eigenvalue weighted by Crippen LogP contribution is -2.47. The van der Waals surface area contributed by atoms with Gasteiger partial charge in [0, 0.05) is 55.2 Å². The van der Waals surface area contributed by atoms with Gasteiger partial charge in [-0.2, -0.15) is 5.10 Å². The first-order valence-electron chi connectivity index (χ1n) is 10.3. The smallest absolute Gasteiger partial charge is 0.181 e. The molecule has 0 atom stereocenters. The van der Waals surface area contributed by atoms with Crippen LogP contribution in [0.25, 0.3) is 11.4 Å². The van der Waals surface area contributed by atoms with Crippen molar-refractivity contribution in [2.45, 2.75) is 24.9 Å². The lowest BCUT2D eigenvalue weighted by molar-refractivity contribution is 0.160. The van der Waals surface area contributed by atoms with Gasteiger partial charge >= 0.3 is 0 Å². The van der Waals surface area contributed by atoms with Crippen LogP contribution in [-0.2, 0) is 12.1 Å². The second-order valence-electron chi connectivity index (χ2n) is 7.79. The van der Waals surface area contributed by atoms with Crippen LogP contribution in [0.4, 0.5) is 5.69 Å². The number of piperidine rings is 1. The Labute approximate surface area is 175 Å². The average molecular weight is 400 g/mol. The molecular formula is C23H25N7. The third-order valence-electron chi connectivity index (χ3n) is 5.80. The summed E-state index contributed by atoms with van der Waals surface area (Å²) in [5.74, 6) is 1.59. The van der Waals surface area contributed by atoms with Gasteiger partial charge in [-0.3, -0.25) is 15.0 Å². The maximum Gasteiger partial charge on any atom is 0.181 e. The van der Waals surface area contributed by atoms with Gasteiger partial charge in [-0.15, -0.1) is 0 Å². The van der Waals surface area contributed by atoms with Crippen molar-refractivity contribution in [1.29, 1.82) is 0 Å². The molecule has 1 aromatic carbocycles. The molecule has 0 spiro atoms. The standard InChI is InChI=1S/C23H25N7/c1-2-5-19(6-3-1)27-23(10-15-30(16-11-23)17-20-7-4-12-25-20)22-26-21(28-29-22)18-8-13-24-14-9-18/h1-9,12-14,25,27H,10-11,15-17H2,(H,26,28,29). The first-order chi connectivity index (χ1) is 14.8. The van der Waals surface area contributed by atoms with Gasteiger partial charge in [-0.05, 0) is 49.2 Å². The highest BCUT2D eigenvalue weighted by Crippen LogP contribution is 2.35. The van der Waals surface area contributed by atoms with Gasteiger partial charge in [0.1, 0.15) is 0 Å². The van der Waals surface area contributed by atoms with E-state index in [0.717, 1.165) is 49.6 Å². The van der Waals surface area contributed by atoms with Crippen LogP contribution in [0.2, 0.25) is 0 Å². The second kappa shape index (κ2) is 8.12. The molecule has 1 aliphatic heterocycles. The summed E-state index contributed by atoms with van der Waals surface area (Å²) in [6.45, 7) is 2.89. The third kappa shape index (κ3) is 3.84. The Hall–Kier alpha value is -3.45. The summed E-state index contributed by atoms with van der Waals surface area (Å²) < 4.78 is 0. The Bertz CT molecular complexity index is 1050. The van der Waals surface area contributed by atoms with Crippen LogP contribution < -0.4 is 5.32 Å². The van der Waals surface area contributed by atoms with Crippen LogP contribution in [0.5, 0.6) is 0 Å². The van der Waals surface area contributed by atoms with Crippen LogP contribution in [-0.4, -0.2) is 43.1 Å². The monoisotopic (exact) mass is 399 g/mol. The van der Waals surface area contributed by atoms with E-state index in [0.29, 0.717) is 5.82 Å². The molecule has 4 heterocycles. The van der Waals surface area contributed by atoms with Crippen LogP contribution >= 0.6 is 0 Å². The maximum absolute atomic E-state index is 4.89. The molecule has 7 heteroatoms. The molecule has 0 saturated carbocycles. The Kier molecular flexibility index (Phi) is 5.03. The first-order valence-corrected chi connectivity index (χ1v) is 10.3. The van der Waals surface area contributed by atoms with Gasteiger partial charge in [-0.1, -0.05) is 18.2 Å². The molecule has 152 valence electrons. The predicted octanol–water partition coefficient (Wildman–Crippen LogP) is 3.80. The molecule has 1 fully saturated rings. The molecule has 7 nitrogen and oxygen atoms in total. The van der Waals surface area contributed by atoms with Gasteiger partial charge in [0.25, 0.3) is 0 Å². The van der Waals surface area contributed by atoms with E-state index in [1.165, 1.54) is 5.69 Å². The highest BCUT2D eigenvalue weighted by molar-refractivity contribution is 5.54. The third-order valence-corrected chi connectivity index (χ3v) is 5.80. The summed E-state index contributed by atoms with van der Waals surface area (Å²) in [5.41, 5.74) is 3.02. The summed E-state index contributed by atoms with van der Waals surface area (Å²) in [5, 5.41) is 11.5. The fourth-order valence-corrected chi connectivity index (χ4v) is 4.12. The summed E-state index contributed by atoms with van der Waals surface area (Å²) in [4.78, 5) is 14.8. The number of rotatable bonds is 6. The second-order valence-corrected chi connectivity index (χ2v) is 7.79. The van der Waals surface area contributed by atoms with Crippen molar-refractivity contribution in [2.24, 2.45) is 0 Å². The van der Waals surface area contributed by atoms with E-state index < -0.39 is 0 Å². The summed E-state index contributed by atoms with van der Waals surface area (Å²) in [6, 6.07) is 18.4. The molecule has 5 rings (SSSR count). The largest absolute Gasteiger partial charge is 0.373 e. The highest BCUT2D eigenvalue weighted by Gasteiger charge is 2.39. The van der Waals surface area contributed by atoms with E-state index in [9.17, 15) is 0 Å². The quantitative estimate of drug-likeness (QED) is 0.459. The molecule has 1 saturated heterocycles. The van der Waals surface area contributed by atoms with Crippen LogP contribution in [0.15, 0.2) is 73.2 Å². The molecule has 4 aromatic rings. The minimum absolute atomic E-state index is 0.286. The fourth-order valence-electron chi connectivity index (χ4n) is 4.12. The minimum Gasteiger partial charge on any atom is -0.373 e. The number of likely N-dealkylation sites (tertiary alicyclic amines) is 1. The van der Waals surface area contributed by atoms with E-state index in [2.05, 4.69) is 66.8 Å². The van der Waals surface area contributed by atoms with Crippen molar-refractivity contribution >= 4 is 5.69 Å². The Balaban J connectivity index is 1.41. The molecular weight excluding hydrogens is 374 g/mol. The Morgan fingerprint density at radius 1 is 0.967 bits per heavy atom. The SMILES string of the molecule is c1ccc(NC2(c3nc(-c4ccncc4)n[nH]3)CCN(Cc3ccc[nH]3)CC2)cc1. The summed E-state index contributed by atoms with van der Waals surface area (Å²) >= 11 is 0. The molecule has 0 aliphatic carbocycles. The topological polar surface area (TPSA) is 85.5 Å². The van der Waals surface area contributed by atoms with Gasteiger partial charge in [-0.25, -0.2) is 4.98 Å². The lowest BCUT2D eigenvalue weighted by atomic mass is 9.86. The predicted molar refractivity (Wildman–Crippen MR) is 117 cm³/mol. The fraction of sp³-hybridized carbons (Fsp3) is 0.261. The molecule has 3 aromatic heterocycles. The number of nitrogens with zero attached hydrogens (tertiary/aromatic N) is 4. The molecule has 0 amide bonds. The molecule has 0 bridgehead atoms. The van der Waals surface area contributed by atoms with Crippen molar-refractivity contribution in [1.82, 2.24) is 30.0 Å². The normalized spacial score (nSPS) is 16.4. The number of para-hydroxylation sites is 1. The van der Waals surface area contributed by atoms with E-state index in [1.54, 1.807) is 12.4 Å². The summed E-state index contributed by atoms with van der Waals surface area (Å²) in [6.07, 6.45) is 7.39. The zero-order chi connectivity index (χ0) is 20.2. The van der Waals surface area contributed by atoms with Gasteiger partial charge in [0.2, 0.25) is 0 Å². The highest BCUT2D eigenvalue weighted by atomic mass is 15.3. The van der Waals surface area contributed by atoms with E-state index >= 15 is 0 Å². The van der Waals surface area contributed by atoms with Crippen molar-refractivity contribution in [3.05, 3.63) is 84.7 Å². The number of benzene rings is 1. The molecule has 0 unspecified atom stereocenters. The van der Waals surface area contributed by atoms with Crippen molar-refractivity contribution in [3.63, 3.8) is 0 Å². The van der Waals surface area contributed by atoms with E-state index in [1.807, 2.05) is 24.4 Å². The number of anilines is 1. The molecule has 1 aliphatic rings. The van der Waals surface area contributed by atoms with Crippen molar-refractivity contribution < 1.29 is 0 Å². The number of H-pyrrole nitrogens is 2. The van der Waals surface area contributed by atoms with Crippen LogP contribution in [0, 0.1) is 0 Å².